The lowest BCUT2D eigenvalue weighted by molar-refractivity contribution is 0.353. The number of alkyl halides is 1. The van der Waals surface area contributed by atoms with Crippen LogP contribution >= 0.6 is 11.6 Å². The summed E-state index contributed by atoms with van der Waals surface area (Å²) in [6.45, 7) is 4.09. The van der Waals surface area contributed by atoms with Gasteiger partial charge in [-0.1, -0.05) is 0 Å². The van der Waals surface area contributed by atoms with Crippen molar-refractivity contribution in [3.63, 3.8) is 0 Å². The summed E-state index contributed by atoms with van der Waals surface area (Å²) in [6, 6.07) is -0.100. The van der Waals surface area contributed by atoms with Gasteiger partial charge in [0.1, 0.15) is 0 Å². The Hall–Kier alpha value is -0.590. The monoisotopic (exact) mass is 265 g/mol. The van der Waals surface area contributed by atoms with E-state index in [4.69, 9.17) is 11.6 Å². The minimum absolute atomic E-state index is 0.100. The smallest absolute Gasteiger partial charge is 0.260 e. The summed E-state index contributed by atoms with van der Waals surface area (Å²) in [5.74, 6) is 0.446. The summed E-state index contributed by atoms with van der Waals surface area (Å²) in [5.41, 5.74) is 0. The molecule has 0 saturated carbocycles. The van der Waals surface area contributed by atoms with Crippen LogP contribution in [0.5, 0.6) is 0 Å². The number of aromatic nitrogens is 2. The van der Waals surface area contributed by atoms with E-state index in [1.807, 2.05) is 13.8 Å². The first-order valence-electron chi connectivity index (χ1n) is 5.06. The Morgan fingerprint density at radius 1 is 1.56 bits per heavy atom. The molecule has 0 amide bonds. The predicted molar refractivity (Wildman–Crippen MR) is 63.0 cm³/mol. The van der Waals surface area contributed by atoms with Crippen molar-refractivity contribution in [2.24, 2.45) is 0 Å². The van der Waals surface area contributed by atoms with Crippen LogP contribution in [0, 0.1) is 0 Å². The van der Waals surface area contributed by atoms with Crippen molar-refractivity contribution in [3.8, 4) is 0 Å². The van der Waals surface area contributed by atoms with Crippen molar-refractivity contribution in [2.45, 2.75) is 31.3 Å². The number of halogens is 1. The predicted octanol–water partition coefficient (Wildman–Crippen LogP) is 1.44. The average molecular weight is 266 g/mol. The number of hydrogen-bond donors (Lipinski definition) is 1. The first-order chi connectivity index (χ1) is 7.50. The van der Waals surface area contributed by atoms with Crippen molar-refractivity contribution < 1.29 is 8.42 Å². The maximum Gasteiger partial charge on any atom is 0.260 e. The third-order valence-electron chi connectivity index (χ3n) is 2.15. The van der Waals surface area contributed by atoms with E-state index in [0.717, 1.165) is 0 Å². The van der Waals surface area contributed by atoms with Crippen LogP contribution in [0.3, 0.4) is 0 Å². The Morgan fingerprint density at radius 3 is 2.69 bits per heavy atom. The molecule has 0 aliphatic heterocycles. The minimum atomic E-state index is -3.47. The lowest BCUT2D eigenvalue weighted by atomic mass is 10.4. The Kier molecular flexibility index (Phi) is 4.76. The highest BCUT2D eigenvalue weighted by Crippen LogP contribution is 2.15. The molecule has 92 valence electrons. The van der Waals surface area contributed by atoms with E-state index in [9.17, 15) is 8.42 Å². The van der Waals surface area contributed by atoms with Gasteiger partial charge < -0.3 is 4.98 Å². The molecule has 7 heteroatoms. The zero-order valence-electron chi connectivity index (χ0n) is 9.35. The van der Waals surface area contributed by atoms with Gasteiger partial charge in [-0.3, -0.25) is 0 Å². The molecule has 0 spiro atoms. The highest BCUT2D eigenvalue weighted by molar-refractivity contribution is 7.89. The van der Waals surface area contributed by atoms with Crippen molar-refractivity contribution in [1.29, 1.82) is 0 Å². The number of aromatic amines is 1. The third kappa shape index (κ3) is 2.96. The number of nitrogens with one attached hydrogen (secondary N) is 1. The normalized spacial score (nSPS) is 12.6. The molecule has 1 aromatic rings. The van der Waals surface area contributed by atoms with E-state index < -0.39 is 10.0 Å². The molecule has 1 N–H and O–H groups in total. The standard InChI is InChI=1S/C9H16ClN3O2S/c1-8(2)13(5-3-4-10)16(14,15)9-6-11-7-12-9/h6-8H,3-5H2,1-2H3,(H,11,12). The van der Waals surface area contributed by atoms with Gasteiger partial charge in [-0.25, -0.2) is 13.4 Å². The van der Waals surface area contributed by atoms with Gasteiger partial charge >= 0.3 is 0 Å². The van der Waals surface area contributed by atoms with Crippen molar-refractivity contribution in [1.82, 2.24) is 14.3 Å². The van der Waals surface area contributed by atoms with Crippen LogP contribution in [-0.4, -0.2) is 41.2 Å². The lowest BCUT2D eigenvalue weighted by Crippen LogP contribution is -2.38. The fraction of sp³-hybridized carbons (Fsp3) is 0.667. The average Bonchev–Trinajstić information content (AvgIpc) is 2.70. The van der Waals surface area contributed by atoms with Gasteiger partial charge in [-0.05, 0) is 20.3 Å². The number of H-pyrrole nitrogens is 1. The second-order valence-corrected chi connectivity index (χ2v) is 5.90. The van der Waals surface area contributed by atoms with Crippen LogP contribution in [0.1, 0.15) is 20.3 Å². The maximum atomic E-state index is 12.2. The second kappa shape index (κ2) is 5.65. The van der Waals surface area contributed by atoms with Crippen molar-refractivity contribution in [3.05, 3.63) is 12.5 Å². The minimum Gasteiger partial charge on any atom is -0.335 e. The molecule has 0 fully saturated rings. The molecule has 0 unspecified atom stereocenters. The van der Waals surface area contributed by atoms with Gasteiger partial charge in [0.2, 0.25) is 0 Å². The zero-order chi connectivity index (χ0) is 12.2. The molecule has 16 heavy (non-hydrogen) atoms. The summed E-state index contributed by atoms with van der Waals surface area (Å²) < 4.78 is 25.7. The van der Waals surface area contributed by atoms with Gasteiger partial charge in [0.15, 0.2) is 5.03 Å². The Labute approximate surface area is 101 Å². The third-order valence-corrected chi connectivity index (χ3v) is 4.42. The topological polar surface area (TPSA) is 66.1 Å². The molecule has 1 aromatic heterocycles. The summed E-state index contributed by atoms with van der Waals surface area (Å²) in [5, 5.41) is 0.121. The summed E-state index contributed by atoms with van der Waals surface area (Å²) in [7, 11) is -3.47. The van der Waals surface area contributed by atoms with E-state index in [-0.39, 0.29) is 11.1 Å². The van der Waals surface area contributed by atoms with Crippen LogP contribution in [0.25, 0.3) is 0 Å². The van der Waals surface area contributed by atoms with Crippen LogP contribution in [0.4, 0.5) is 0 Å². The number of rotatable bonds is 6. The quantitative estimate of drug-likeness (QED) is 0.792. The highest BCUT2D eigenvalue weighted by atomic mass is 35.5. The Bertz CT molecular complexity index is 402. The van der Waals surface area contributed by atoms with Crippen LogP contribution in [-0.2, 0) is 10.0 Å². The van der Waals surface area contributed by atoms with Crippen molar-refractivity contribution in [2.75, 3.05) is 12.4 Å². The molecule has 0 saturated heterocycles. The molecule has 1 rings (SSSR count). The molecule has 5 nitrogen and oxygen atoms in total. The molecule has 0 radical (unpaired) electrons. The highest BCUT2D eigenvalue weighted by Gasteiger charge is 2.27. The van der Waals surface area contributed by atoms with Gasteiger partial charge in [0.25, 0.3) is 10.0 Å². The lowest BCUT2D eigenvalue weighted by Gasteiger charge is -2.24. The Morgan fingerprint density at radius 2 is 2.25 bits per heavy atom. The second-order valence-electron chi connectivity index (χ2n) is 3.67. The van der Waals surface area contributed by atoms with Gasteiger partial charge in [0, 0.05) is 18.5 Å². The van der Waals surface area contributed by atoms with Gasteiger partial charge in [0.05, 0.1) is 12.5 Å². The van der Waals surface area contributed by atoms with E-state index in [1.54, 1.807) is 0 Å². The molecular formula is C9H16ClN3O2S. The van der Waals surface area contributed by atoms with E-state index in [0.29, 0.717) is 18.8 Å². The largest absolute Gasteiger partial charge is 0.335 e. The molecule has 0 bridgehead atoms. The number of nitrogens with zero attached hydrogens (tertiary/aromatic N) is 2. The molecule has 0 aromatic carbocycles. The van der Waals surface area contributed by atoms with E-state index in [2.05, 4.69) is 9.97 Å². The Balaban J connectivity index is 2.94. The fourth-order valence-corrected chi connectivity index (χ4v) is 3.07. The molecular weight excluding hydrogens is 250 g/mol. The van der Waals surface area contributed by atoms with Gasteiger partial charge in [-0.2, -0.15) is 4.31 Å². The van der Waals surface area contributed by atoms with Crippen LogP contribution in [0.2, 0.25) is 0 Å². The zero-order valence-corrected chi connectivity index (χ0v) is 10.9. The van der Waals surface area contributed by atoms with E-state index >= 15 is 0 Å². The molecule has 0 aliphatic carbocycles. The molecule has 1 heterocycles. The van der Waals surface area contributed by atoms with Crippen molar-refractivity contribution >= 4 is 21.6 Å². The first-order valence-corrected chi connectivity index (χ1v) is 7.03. The number of hydrogen-bond acceptors (Lipinski definition) is 3. The summed E-state index contributed by atoms with van der Waals surface area (Å²) in [6.07, 6.45) is 3.30. The van der Waals surface area contributed by atoms with Crippen LogP contribution in [0.15, 0.2) is 17.6 Å². The maximum absolute atomic E-state index is 12.2. The fourth-order valence-electron chi connectivity index (χ4n) is 1.38. The molecule has 0 aliphatic rings. The molecule has 0 atom stereocenters. The first kappa shape index (κ1) is 13.5. The SMILES string of the molecule is CC(C)N(CCCCl)S(=O)(=O)c1cnc[nH]1. The van der Waals surface area contributed by atoms with Gasteiger partial charge in [-0.15, -0.1) is 11.6 Å². The van der Waals surface area contributed by atoms with Crippen LogP contribution < -0.4 is 0 Å². The summed E-state index contributed by atoms with van der Waals surface area (Å²) in [4.78, 5) is 6.34. The van der Waals surface area contributed by atoms with E-state index in [1.165, 1.54) is 16.8 Å². The number of sulfonamides is 1. The summed E-state index contributed by atoms with van der Waals surface area (Å²) >= 11 is 5.58. The number of imidazole rings is 1.